The van der Waals surface area contributed by atoms with Crippen molar-refractivity contribution in [1.29, 1.82) is 0 Å². The first-order chi connectivity index (χ1) is 14.2. The highest BCUT2D eigenvalue weighted by molar-refractivity contribution is 5.80. The zero-order chi connectivity index (χ0) is 20.5. The smallest absolute Gasteiger partial charge is 0.387 e. The molecule has 0 aliphatic carbocycles. The first kappa shape index (κ1) is 21.8. The summed E-state index contributed by atoms with van der Waals surface area (Å²) in [5.74, 6) is 0.938. The van der Waals surface area contributed by atoms with Gasteiger partial charge in [0.1, 0.15) is 5.75 Å². The molecule has 2 heterocycles. The monoisotopic (exact) mass is 411 g/mol. The van der Waals surface area contributed by atoms with Crippen LogP contribution < -0.4 is 10.1 Å². The largest absolute Gasteiger partial charge is 0.434 e. The quantitative estimate of drug-likeness (QED) is 0.551. The van der Waals surface area contributed by atoms with Gasteiger partial charge in [0, 0.05) is 38.9 Å². The first-order valence-electron chi connectivity index (χ1n) is 10.4. The summed E-state index contributed by atoms with van der Waals surface area (Å²) in [5, 5.41) is 3.26. The van der Waals surface area contributed by atoms with Crippen molar-refractivity contribution >= 4 is 5.96 Å². The Bertz CT molecular complexity index is 646. The van der Waals surface area contributed by atoms with Gasteiger partial charge in [-0.25, -0.2) is 0 Å². The normalized spacial score (nSPS) is 21.4. The van der Waals surface area contributed by atoms with Gasteiger partial charge < -0.3 is 24.4 Å². The molecule has 8 heteroatoms. The highest BCUT2D eigenvalue weighted by Crippen LogP contribution is 2.21. The van der Waals surface area contributed by atoms with Crippen molar-refractivity contribution in [3.8, 4) is 5.75 Å². The minimum absolute atomic E-state index is 0.183. The second-order valence-corrected chi connectivity index (χ2v) is 7.40. The van der Waals surface area contributed by atoms with E-state index in [1.54, 1.807) is 31.3 Å². The van der Waals surface area contributed by atoms with Crippen molar-refractivity contribution in [3.05, 3.63) is 29.8 Å². The van der Waals surface area contributed by atoms with E-state index < -0.39 is 6.61 Å². The number of guanidine groups is 1. The van der Waals surface area contributed by atoms with E-state index in [1.807, 2.05) is 0 Å². The average Bonchev–Trinajstić information content (AvgIpc) is 2.75. The van der Waals surface area contributed by atoms with Crippen LogP contribution in [-0.4, -0.2) is 63.0 Å². The predicted molar refractivity (Wildman–Crippen MR) is 107 cm³/mol. The Hall–Kier alpha value is -1.93. The lowest BCUT2D eigenvalue weighted by Gasteiger charge is -2.35. The first-order valence-corrected chi connectivity index (χ1v) is 10.4. The lowest BCUT2D eigenvalue weighted by atomic mass is 10.1. The fourth-order valence-electron chi connectivity index (χ4n) is 3.78. The maximum atomic E-state index is 12.6. The van der Waals surface area contributed by atoms with Crippen molar-refractivity contribution < 1.29 is 23.0 Å². The summed E-state index contributed by atoms with van der Waals surface area (Å²) < 4.78 is 41.6. The molecule has 1 aromatic carbocycles. The van der Waals surface area contributed by atoms with Crippen molar-refractivity contribution in [1.82, 2.24) is 10.2 Å². The van der Waals surface area contributed by atoms with Crippen molar-refractivity contribution in [2.24, 2.45) is 4.99 Å². The molecule has 0 radical (unpaired) electrons. The Morgan fingerprint density at radius 3 is 2.72 bits per heavy atom. The van der Waals surface area contributed by atoms with Gasteiger partial charge in [-0.2, -0.15) is 8.78 Å². The van der Waals surface area contributed by atoms with Crippen molar-refractivity contribution in [2.75, 3.05) is 33.4 Å². The second kappa shape index (κ2) is 11.3. The van der Waals surface area contributed by atoms with Gasteiger partial charge >= 0.3 is 6.61 Å². The zero-order valence-electron chi connectivity index (χ0n) is 17.0. The van der Waals surface area contributed by atoms with Crippen molar-refractivity contribution in [2.45, 2.75) is 57.5 Å². The maximum absolute atomic E-state index is 12.6. The van der Waals surface area contributed by atoms with Gasteiger partial charge in [0.2, 0.25) is 0 Å². The molecule has 6 nitrogen and oxygen atoms in total. The van der Waals surface area contributed by atoms with E-state index in [0.29, 0.717) is 18.7 Å². The Morgan fingerprint density at radius 2 is 2.03 bits per heavy atom. The molecule has 29 heavy (non-hydrogen) atoms. The molecule has 2 fully saturated rings. The number of likely N-dealkylation sites (tertiary alicyclic amines) is 1. The number of halogens is 2. The lowest BCUT2D eigenvalue weighted by molar-refractivity contribution is -0.0721. The molecule has 2 aliphatic heterocycles. The van der Waals surface area contributed by atoms with Crippen molar-refractivity contribution in [3.63, 3.8) is 0 Å². The van der Waals surface area contributed by atoms with Crippen LogP contribution in [0.15, 0.2) is 29.3 Å². The van der Waals surface area contributed by atoms with Crippen LogP contribution in [0.4, 0.5) is 8.78 Å². The van der Waals surface area contributed by atoms with Crippen LogP contribution in [0.25, 0.3) is 0 Å². The number of rotatable bonds is 7. The van der Waals surface area contributed by atoms with Crippen LogP contribution in [-0.2, 0) is 16.0 Å². The van der Waals surface area contributed by atoms with Gasteiger partial charge in [0.25, 0.3) is 0 Å². The topological polar surface area (TPSA) is 55.3 Å². The third kappa shape index (κ3) is 6.82. The molecular weight excluding hydrogens is 380 g/mol. The Morgan fingerprint density at radius 1 is 1.24 bits per heavy atom. The van der Waals surface area contributed by atoms with Gasteiger partial charge in [-0.3, -0.25) is 4.99 Å². The van der Waals surface area contributed by atoms with Crippen LogP contribution in [0.5, 0.6) is 5.75 Å². The van der Waals surface area contributed by atoms with Gasteiger partial charge in [0.15, 0.2) is 5.96 Å². The third-order valence-electron chi connectivity index (χ3n) is 5.37. The van der Waals surface area contributed by atoms with E-state index in [2.05, 4.69) is 19.9 Å². The molecule has 3 rings (SSSR count). The Kier molecular flexibility index (Phi) is 8.49. The molecule has 1 aromatic rings. The van der Waals surface area contributed by atoms with Crippen LogP contribution in [0, 0.1) is 0 Å². The standard InChI is InChI=1S/C21H31F2N3O3/c1-24-21(25-14-16-6-2-3-8-19(16)29-20(22)23)26-11-9-17(10-12-26)28-15-18-7-4-5-13-27-18/h2-3,6,8,17-18,20H,4-5,7,9-15H2,1H3,(H,24,25). The lowest BCUT2D eigenvalue weighted by Crippen LogP contribution is -2.47. The van der Waals surface area contributed by atoms with Crippen LogP contribution in [0.3, 0.4) is 0 Å². The van der Waals surface area contributed by atoms with Crippen LogP contribution in [0.1, 0.15) is 37.7 Å². The fraction of sp³-hybridized carbons (Fsp3) is 0.667. The van der Waals surface area contributed by atoms with E-state index in [9.17, 15) is 8.78 Å². The number of nitrogens with zero attached hydrogens (tertiary/aromatic N) is 2. The summed E-state index contributed by atoms with van der Waals surface area (Å²) in [6.45, 7) is 0.730. The highest BCUT2D eigenvalue weighted by Gasteiger charge is 2.24. The molecule has 2 saturated heterocycles. The highest BCUT2D eigenvalue weighted by atomic mass is 19.3. The number of hydrogen-bond donors (Lipinski definition) is 1. The van der Waals surface area contributed by atoms with E-state index in [-0.39, 0.29) is 18.0 Å². The molecule has 0 saturated carbocycles. The number of hydrogen-bond acceptors (Lipinski definition) is 4. The number of piperidine rings is 1. The molecule has 2 aliphatic rings. The summed E-state index contributed by atoms with van der Waals surface area (Å²) in [5.41, 5.74) is 0.666. The molecule has 0 bridgehead atoms. The van der Waals surface area contributed by atoms with Gasteiger partial charge in [0.05, 0.1) is 18.8 Å². The van der Waals surface area contributed by atoms with E-state index >= 15 is 0 Å². The van der Waals surface area contributed by atoms with E-state index in [4.69, 9.17) is 9.47 Å². The Labute approximate surface area is 171 Å². The average molecular weight is 411 g/mol. The molecular formula is C21H31F2N3O3. The van der Waals surface area contributed by atoms with Gasteiger partial charge in [-0.15, -0.1) is 0 Å². The van der Waals surface area contributed by atoms with Gasteiger partial charge in [-0.1, -0.05) is 18.2 Å². The second-order valence-electron chi connectivity index (χ2n) is 7.40. The van der Waals surface area contributed by atoms with Crippen LogP contribution >= 0.6 is 0 Å². The minimum Gasteiger partial charge on any atom is -0.434 e. The van der Waals surface area contributed by atoms with Crippen LogP contribution in [0.2, 0.25) is 0 Å². The third-order valence-corrected chi connectivity index (χ3v) is 5.37. The van der Waals surface area contributed by atoms with E-state index in [0.717, 1.165) is 51.3 Å². The molecule has 1 unspecified atom stereocenters. The summed E-state index contributed by atoms with van der Waals surface area (Å²) in [7, 11) is 1.73. The maximum Gasteiger partial charge on any atom is 0.387 e. The minimum atomic E-state index is -2.84. The number of ether oxygens (including phenoxy) is 3. The molecule has 0 aromatic heterocycles. The molecule has 0 amide bonds. The number of benzene rings is 1. The molecule has 1 atom stereocenters. The predicted octanol–water partition coefficient (Wildman–Crippen LogP) is 3.41. The molecule has 0 spiro atoms. The summed E-state index contributed by atoms with van der Waals surface area (Å²) in [6, 6.07) is 6.80. The zero-order valence-corrected chi connectivity index (χ0v) is 17.0. The number of para-hydroxylation sites is 1. The molecule has 1 N–H and O–H groups in total. The SMILES string of the molecule is CN=C(NCc1ccccc1OC(F)F)N1CCC(OCC2CCCCO2)CC1. The van der Waals surface area contributed by atoms with Gasteiger partial charge in [-0.05, 0) is 38.2 Å². The summed E-state index contributed by atoms with van der Waals surface area (Å²) in [4.78, 5) is 6.52. The summed E-state index contributed by atoms with van der Waals surface area (Å²) in [6.07, 6.45) is 5.81. The number of aliphatic imine (C=N–C) groups is 1. The fourth-order valence-corrected chi connectivity index (χ4v) is 3.78. The molecule has 162 valence electrons. The number of alkyl halides is 2. The van der Waals surface area contributed by atoms with E-state index in [1.165, 1.54) is 6.42 Å². The Balaban J connectivity index is 1.43. The summed E-state index contributed by atoms with van der Waals surface area (Å²) >= 11 is 0. The number of nitrogens with one attached hydrogen (secondary N) is 1.